The van der Waals surface area contributed by atoms with E-state index in [1.54, 1.807) is 24.3 Å². The molecule has 1 unspecified atom stereocenters. The fourth-order valence-corrected chi connectivity index (χ4v) is 1.45. The van der Waals surface area contributed by atoms with Crippen molar-refractivity contribution in [2.75, 3.05) is 20.2 Å². The van der Waals surface area contributed by atoms with Gasteiger partial charge in [-0.05, 0) is 17.7 Å². The average molecular weight is 250 g/mol. The summed E-state index contributed by atoms with van der Waals surface area (Å²) in [4.78, 5) is 9.38. The van der Waals surface area contributed by atoms with Gasteiger partial charge in [-0.1, -0.05) is 12.1 Å². The fourth-order valence-electron chi connectivity index (χ4n) is 1.45. The van der Waals surface area contributed by atoms with Crippen molar-refractivity contribution in [2.24, 2.45) is 0 Å². The van der Waals surface area contributed by atoms with E-state index < -0.39 is 7.12 Å². The van der Waals surface area contributed by atoms with E-state index in [9.17, 15) is 0 Å². The van der Waals surface area contributed by atoms with Crippen LogP contribution >= 0.6 is 0 Å². The van der Waals surface area contributed by atoms with Crippen molar-refractivity contribution in [2.45, 2.75) is 6.04 Å². The summed E-state index contributed by atoms with van der Waals surface area (Å²) >= 11 is 0. The first-order valence-corrected chi connectivity index (χ1v) is 5.42. The van der Waals surface area contributed by atoms with Gasteiger partial charge in [0.1, 0.15) is 6.61 Å². The van der Waals surface area contributed by atoms with E-state index in [0.717, 1.165) is 5.56 Å². The minimum Gasteiger partial charge on any atom is -0.426 e. The lowest BCUT2D eigenvalue weighted by Crippen LogP contribution is -2.35. The summed E-state index contributed by atoms with van der Waals surface area (Å²) < 4.78 is 0. The normalized spacial score (nSPS) is 11.9. The molecule has 0 radical (unpaired) electrons. The van der Waals surface area contributed by atoms with E-state index in [-0.39, 0.29) is 19.1 Å². The van der Waals surface area contributed by atoms with Crippen LogP contribution in [0.1, 0.15) is 17.2 Å². The zero-order valence-electron chi connectivity index (χ0n) is 10.0. The van der Waals surface area contributed by atoms with E-state index in [4.69, 9.17) is 20.2 Å². The molecule has 96 valence electrons. The maximum absolute atomic E-state index is 8.83. The van der Waals surface area contributed by atoms with Gasteiger partial charge in [0.25, 0.3) is 0 Å². The zero-order chi connectivity index (χ0) is 13.4. The van der Waals surface area contributed by atoms with Gasteiger partial charge in [-0.2, -0.15) is 5.26 Å². The van der Waals surface area contributed by atoms with Crippen molar-refractivity contribution in [3.63, 3.8) is 0 Å². The number of benzene rings is 1. The second-order valence-electron chi connectivity index (χ2n) is 3.63. The van der Waals surface area contributed by atoms with Crippen LogP contribution in [0.25, 0.3) is 0 Å². The summed E-state index contributed by atoms with van der Waals surface area (Å²) in [6, 6.07) is 8.71. The number of rotatable bonds is 7. The van der Waals surface area contributed by atoms with Crippen LogP contribution in [0.3, 0.4) is 0 Å². The van der Waals surface area contributed by atoms with Gasteiger partial charge in [0.2, 0.25) is 0 Å². The van der Waals surface area contributed by atoms with Crippen LogP contribution in [0.15, 0.2) is 24.3 Å². The highest BCUT2D eigenvalue weighted by atomic mass is 17.2. The molecule has 3 N–H and O–H groups in total. The SMILES string of the molecule is COOCC(NCB(O)O)c1ccc(C#N)cc1. The zero-order valence-corrected chi connectivity index (χ0v) is 10.0. The lowest BCUT2D eigenvalue weighted by molar-refractivity contribution is -0.276. The summed E-state index contributed by atoms with van der Waals surface area (Å²) in [6.45, 7) is 0.217. The molecule has 1 aromatic rings. The minimum absolute atomic E-state index is 0.0116. The second-order valence-corrected chi connectivity index (χ2v) is 3.63. The summed E-state index contributed by atoms with van der Waals surface area (Å²) in [5.74, 6) is 0. The van der Waals surface area contributed by atoms with Gasteiger partial charge in [0, 0.05) is 6.44 Å². The molecule has 0 heterocycles. The lowest BCUT2D eigenvalue weighted by Gasteiger charge is -2.18. The number of nitriles is 1. The topological polar surface area (TPSA) is 94.7 Å². The van der Waals surface area contributed by atoms with E-state index in [0.29, 0.717) is 5.56 Å². The molecular formula is C11H15BN2O4. The molecule has 6 nitrogen and oxygen atoms in total. The van der Waals surface area contributed by atoms with Gasteiger partial charge in [0.05, 0.1) is 24.8 Å². The third-order valence-corrected chi connectivity index (χ3v) is 2.34. The highest BCUT2D eigenvalue weighted by Crippen LogP contribution is 2.14. The number of nitrogens with one attached hydrogen (secondary N) is 1. The molecule has 18 heavy (non-hydrogen) atoms. The van der Waals surface area contributed by atoms with Gasteiger partial charge in [0.15, 0.2) is 0 Å². The predicted molar refractivity (Wildman–Crippen MR) is 65.1 cm³/mol. The monoisotopic (exact) mass is 250 g/mol. The molecule has 1 rings (SSSR count). The average Bonchev–Trinajstić information content (AvgIpc) is 2.39. The molecule has 0 aliphatic rings. The molecule has 1 atom stereocenters. The Morgan fingerprint density at radius 3 is 2.56 bits per heavy atom. The molecule has 1 aromatic carbocycles. The molecule has 0 aliphatic heterocycles. The highest BCUT2D eigenvalue weighted by Gasteiger charge is 2.15. The second kappa shape index (κ2) is 7.82. The molecule has 0 amide bonds. The van der Waals surface area contributed by atoms with Crippen molar-refractivity contribution >= 4 is 7.12 Å². The van der Waals surface area contributed by atoms with Gasteiger partial charge in [-0.3, -0.25) is 0 Å². The Labute approximate surface area is 106 Å². The summed E-state index contributed by atoms with van der Waals surface area (Å²) in [5.41, 5.74) is 1.43. The smallest absolute Gasteiger partial charge is 0.426 e. The van der Waals surface area contributed by atoms with Crippen LogP contribution in [0.2, 0.25) is 0 Å². The third kappa shape index (κ3) is 4.83. The molecule has 0 saturated heterocycles. The van der Waals surface area contributed by atoms with E-state index in [1.165, 1.54) is 7.11 Å². The van der Waals surface area contributed by atoms with Crippen molar-refractivity contribution < 1.29 is 19.8 Å². The Balaban J connectivity index is 2.70. The Morgan fingerprint density at radius 1 is 1.39 bits per heavy atom. The van der Waals surface area contributed by atoms with Gasteiger partial charge >= 0.3 is 7.12 Å². The van der Waals surface area contributed by atoms with Crippen LogP contribution in [0, 0.1) is 11.3 Å². The minimum atomic E-state index is -1.44. The number of nitrogens with zero attached hydrogens (tertiary/aromatic N) is 1. The quantitative estimate of drug-likeness (QED) is 0.352. The maximum atomic E-state index is 8.83. The standard InChI is InChI=1S/C11H15BN2O4/c1-17-18-7-11(14-8-12(15)16)10-4-2-9(6-13)3-5-10/h2-5,11,14-16H,7-8H2,1H3. The van der Waals surface area contributed by atoms with E-state index in [2.05, 4.69) is 10.2 Å². The molecule has 7 heteroatoms. The number of hydrogen-bond acceptors (Lipinski definition) is 6. The van der Waals surface area contributed by atoms with Crippen molar-refractivity contribution in [1.29, 1.82) is 5.26 Å². The molecule has 0 spiro atoms. The van der Waals surface area contributed by atoms with Crippen LogP contribution in [-0.4, -0.2) is 37.3 Å². The third-order valence-electron chi connectivity index (χ3n) is 2.34. The van der Waals surface area contributed by atoms with Crippen LogP contribution in [0.5, 0.6) is 0 Å². The van der Waals surface area contributed by atoms with Crippen LogP contribution in [0.4, 0.5) is 0 Å². The van der Waals surface area contributed by atoms with Crippen molar-refractivity contribution in [1.82, 2.24) is 5.32 Å². The Morgan fingerprint density at radius 2 is 2.06 bits per heavy atom. The molecule has 0 fully saturated rings. The Kier molecular flexibility index (Phi) is 6.35. The Bertz CT molecular complexity index is 391. The Hall–Kier alpha value is -1.43. The van der Waals surface area contributed by atoms with E-state index >= 15 is 0 Å². The molecular weight excluding hydrogens is 235 g/mol. The van der Waals surface area contributed by atoms with Gasteiger partial charge in [-0.25, -0.2) is 9.78 Å². The molecule has 0 aromatic heterocycles. The van der Waals surface area contributed by atoms with E-state index in [1.807, 2.05) is 6.07 Å². The lowest BCUT2D eigenvalue weighted by atomic mass is 9.91. The first-order valence-electron chi connectivity index (χ1n) is 5.42. The van der Waals surface area contributed by atoms with Crippen molar-refractivity contribution in [3.05, 3.63) is 35.4 Å². The van der Waals surface area contributed by atoms with Crippen LogP contribution < -0.4 is 5.32 Å². The maximum Gasteiger partial charge on any atom is 0.466 e. The van der Waals surface area contributed by atoms with Gasteiger partial charge < -0.3 is 15.4 Å². The molecule has 0 saturated carbocycles. The molecule has 0 bridgehead atoms. The van der Waals surface area contributed by atoms with Crippen molar-refractivity contribution in [3.8, 4) is 6.07 Å². The molecule has 0 aliphatic carbocycles. The largest absolute Gasteiger partial charge is 0.466 e. The highest BCUT2D eigenvalue weighted by molar-refractivity contribution is 6.41. The summed E-state index contributed by atoms with van der Waals surface area (Å²) in [7, 11) is -0.0371. The first-order chi connectivity index (χ1) is 8.67. The van der Waals surface area contributed by atoms with Gasteiger partial charge in [-0.15, -0.1) is 0 Å². The fraction of sp³-hybridized carbons (Fsp3) is 0.364. The summed E-state index contributed by atoms with van der Waals surface area (Å²) in [5, 5.41) is 29.3. The number of hydrogen-bond donors (Lipinski definition) is 3. The summed E-state index contributed by atoms with van der Waals surface area (Å²) in [6.07, 6.45) is 0.0116. The predicted octanol–water partition coefficient (Wildman–Crippen LogP) is -0.221. The first kappa shape index (κ1) is 14.6. The van der Waals surface area contributed by atoms with Crippen LogP contribution in [-0.2, 0) is 9.78 Å².